The van der Waals surface area contributed by atoms with Crippen LogP contribution in [-0.2, 0) is 6.42 Å². The van der Waals surface area contributed by atoms with Crippen molar-refractivity contribution in [2.75, 3.05) is 6.54 Å². The number of hydrogen-bond donors (Lipinski definition) is 1. The Kier molecular flexibility index (Phi) is 3.67. The number of benzene rings is 1. The van der Waals surface area contributed by atoms with Crippen LogP contribution in [-0.4, -0.2) is 6.54 Å². The highest BCUT2D eigenvalue weighted by molar-refractivity contribution is 9.10. The molecule has 0 atom stereocenters. The third-order valence-corrected chi connectivity index (χ3v) is 3.14. The molecule has 0 unspecified atom stereocenters. The molecule has 78 valence electrons. The van der Waals surface area contributed by atoms with Gasteiger partial charge in [-0.15, -0.1) is 0 Å². The van der Waals surface area contributed by atoms with Gasteiger partial charge in [0.05, 0.1) is 4.47 Å². The summed E-state index contributed by atoms with van der Waals surface area (Å²) in [7, 11) is 0. The molecular weight excluding hydrogens is 245 g/mol. The molecule has 0 aliphatic rings. The van der Waals surface area contributed by atoms with Gasteiger partial charge >= 0.3 is 0 Å². The van der Waals surface area contributed by atoms with Crippen LogP contribution in [0.1, 0.15) is 19.4 Å². The maximum Gasteiger partial charge on any atom is 0.137 e. The molecule has 0 heterocycles. The summed E-state index contributed by atoms with van der Waals surface area (Å²) in [5.41, 5.74) is 6.62. The largest absolute Gasteiger partial charge is 0.330 e. The Labute approximate surface area is 92.6 Å². The zero-order valence-corrected chi connectivity index (χ0v) is 10.1. The molecule has 0 saturated heterocycles. The third kappa shape index (κ3) is 2.79. The molecular formula is C11H15BrFN. The number of nitrogens with two attached hydrogens (primary N) is 1. The molecule has 0 radical (unpaired) electrons. The van der Waals surface area contributed by atoms with E-state index >= 15 is 0 Å². The molecule has 2 N–H and O–H groups in total. The minimum atomic E-state index is -0.213. The minimum Gasteiger partial charge on any atom is -0.330 e. The van der Waals surface area contributed by atoms with Crippen LogP contribution >= 0.6 is 15.9 Å². The summed E-state index contributed by atoms with van der Waals surface area (Å²) >= 11 is 3.25. The minimum absolute atomic E-state index is 0.0102. The Morgan fingerprint density at radius 1 is 1.43 bits per heavy atom. The summed E-state index contributed by atoms with van der Waals surface area (Å²) in [6.07, 6.45) is 0.780. The number of hydrogen-bond acceptors (Lipinski definition) is 1. The molecule has 1 aromatic rings. The molecule has 0 fully saturated rings. The van der Waals surface area contributed by atoms with Crippen molar-refractivity contribution < 1.29 is 4.39 Å². The Morgan fingerprint density at radius 3 is 2.64 bits per heavy atom. The van der Waals surface area contributed by atoms with Crippen LogP contribution in [0.15, 0.2) is 22.7 Å². The SMILES string of the molecule is CC(C)(CN)Cc1cccc(F)c1Br. The molecule has 1 aromatic carbocycles. The molecule has 0 spiro atoms. The van der Waals surface area contributed by atoms with Crippen LogP contribution in [0.2, 0.25) is 0 Å². The Balaban J connectivity index is 2.92. The van der Waals surface area contributed by atoms with E-state index in [4.69, 9.17) is 5.73 Å². The second kappa shape index (κ2) is 4.41. The van der Waals surface area contributed by atoms with Gasteiger partial charge in [-0.3, -0.25) is 0 Å². The highest BCUT2D eigenvalue weighted by Gasteiger charge is 2.18. The fraction of sp³-hybridized carbons (Fsp3) is 0.455. The second-order valence-corrected chi connectivity index (χ2v) is 5.05. The highest BCUT2D eigenvalue weighted by Crippen LogP contribution is 2.27. The molecule has 3 heteroatoms. The van der Waals surface area contributed by atoms with Gasteiger partial charge in [-0.25, -0.2) is 4.39 Å². The van der Waals surface area contributed by atoms with Crippen molar-refractivity contribution in [3.05, 3.63) is 34.1 Å². The van der Waals surface area contributed by atoms with Crippen molar-refractivity contribution in [3.63, 3.8) is 0 Å². The predicted octanol–water partition coefficient (Wildman–Crippen LogP) is 3.12. The van der Waals surface area contributed by atoms with E-state index < -0.39 is 0 Å². The van der Waals surface area contributed by atoms with E-state index in [1.165, 1.54) is 6.07 Å². The van der Waals surface area contributed by atoms with E-state index in [2.05, 4.69) is 29.8 Å². The van der Waals surface area contributed by atoms with E-state index in [0.29, 0.717) is 11.0 Å². The van der Waals surface area contributed by atoms with Gasteiger partial charge < -0.3 is 5.73 Å². The molecule has 0 bridgehead atoms. The Hall–Kier alpha value is -0.410. The van der Waals surface area contributed by atoms with E-state index in [9.17, 15) is 4.39 Å². The topological polar surface area (TPSA) is 26.0 Å². The van der Waals surface area contributed by atoms with Crippen molar-refractivity contribution in [2.45, 2.75) is 20.3 Å². The van der Waals surface area contributed by atoms with Gasteiger partial charge in [-0.2, -0.15) is 0 Å². The van der Waals surface area contributed by atoms with E-state index in [1.807, 2.05) is 6.07 Å². The van der Waals surface area contributed by atoms with Gasteiger partial charge in [-0.1, -0.05) is 26.0 Å². The Morgan fingerprint density at radius 2 is 2.07 bits per heavy atom. The molecule has 1 nitrogen and oxygen atoms in total. The lowest BCUT2D eigenvalue weighted by Crippen LogP contribution is -2.26. The summed E-state index contributed by atoms with van der Waals surface area (Å²) in [5, 5.41) is 0. The van der Waals surface area contributed by atoms with Crippen molar-refractivity contribution >= 4 is 15.9 Å². The number of rotatable bonds is 3. The fourth-order valence-corrected chi connectivity index (χ4v) is 1.68. The number of halogens is 2. The molecule has 1 rings (SSSR count). The molecule has 0 saturated carbocycles. The molecule has 0 aliphatic heterocycles. The van der Waals surface area contributed by atoms with Crippen LogP contribution < -0.4 is 5.73 Å². The smallest absolute Gasteiger partial charge is 0.137 e. The highest BCUT2D eigenvalue weighted by atomic mass is 79.9. The van der Waals surface area contributed by atoms with Crippen molar-refractivity contribution in [1.82, 2.24) is 0 Å². The van der Waals surface area contributed by atoms with Crippen LogP contribution in [0.4, 0.5) is 4.39 Å². The molecule has 0 amide bonds. The van der Waals surface area contributed by atoms with Gasteiger partial charge in [0.25, 0.3) is 0 Å². The quantitative estimate of drug-likeness (QED) is 0.887. The van der Waals surface area contributed by atoms with Gasteiger partial charge in [0.15, 0.2) is 0 Å². The summed E-state index contributed by atoms with van der Waals surface area (Å²) in [6, 6.07) is 5.09. The monoisotopic (exact) mass is 259 g/mol. The maximum atomic E-state index is 13.2. The first kappa shape index (κ1) is 11.7. The summed E-state index contributed by atoms with van der Waals surface area (Å²) in [4.78, 5) is 0. The first-order chi connectivity index (χ1) is 6.46. The summed E-state index contributed by atoms with van der Waals surface area (Å²) < 4.78 is 13.7. The van der Waals surface area contributed by atoms with E-state index in [0.717, 1.165) is 12.0 Å². The standard InChI is InChI=1S/C11H15BrFN/c1-11(2,7-14)6-8-4-3-5-9(13)10(8)12/h3-5H,6-7,14H2,1-2H3. The lowest BCUT2D eigenvalue weighted by atomic mass is 9.86. The summed E-state index contributed by atoms with van der Waals surface area (Å²) in [6.45, 7) is 4.74. The van der Waals surface area contributed by atoms with E-state index in [1.54, 1.807) is 6.07 Å². The lowest BCUT2D eigenvalue weighted by molar-refractivity contribution is 0.375. The first-order valence-electron chi connectivity index (χ1n) is 4.59. The van der Waals surface area contributed by atoms with Crippen LogP contribution in [0.5, 0.6) is 0 Å². The van der Waals surface area contributed by atoms with Gasteiger partial charge in [0.1, 0.15) is 5.82 Å². The van der Waals surface area contributed by atoms with Crippen molar-refractivity contribution in [3.8, 4) is 0 Å². The fourth-order valence-electron chi connectivity index (χ4n) is 1.27. The second-order valence-electron chi connectivity index (χ2n) is 4.26. The Bertz CT molecular complexity index is 323. The van der Waals surface area contributed by atoms with Crippen LogP contribution in [0.25, 0.3) is 0 Å². The first-order valence-corrected chi connectivity index (χ1v) is 5.38. The molecule has 0 aromatic heterocycles. The normalized spacial score (nSPS) is 11.8. The van der Waals surface area contributed by atoms with Crippen LogP contribution in [0.3, 0.4) is 0 Å². The predicted molar refractivity (Wildman–Crippen MR) is 60.6 cm³/mol. The lowest BCUT2D eigenvalue weighted by Gasteiger charge is -2.22. The van der Waals surface area contributed by atoms with Gasteiger partial charge in [0.2, 0.25) is 0 Å². The maximum absolute atomic E-state index is 13.2. The zero-order chi connectivity index (χ0) is 10.8. The molecule has 14 heavy (non-hydrogen) atoms. The zero-order valence-electron chi connectivity index (χ0n) is 8.48. The summed E-state index contributed by atoms with van der Waals surface area (Å²) in [5.74, 6) is -0.213. The average molecular weight is 260 g/mol. The van der Waals surface area contributed by atoms with Crippen molar-refractivity contribution in [1.29, 1.82) is 0 Å². The van der Waals surface area contributed by atoms with Crippen molar-refractivity contribution in [2.24, 2.45) is 11.1 Å². The van der Waals surface area contributed by atoms with Gasteiger partial charge in [0, 0.05) is 0 Å². The average Bonchev–Trinajstić information content (AvgIpc) is 2.13. The molecule has 0 aliphatic carbocycles. The van der Waals surface area contributed by atoms with Crippen LogP contribution in [0, 0.1) is 11.2 Å². The van der Waals surface area contributed by atoms with Gasteiger partial charge in [-0.05, 0) is 45.9 Å². The third-order valence-electron chi connectivity index (χ3n) is 2.25. The van der Waals surface area contributed by atoms with E-state index in [-0.39, 0.29) is 11.2 Å².